The number of methoxy groups -OCH3 is 1. The van der Waals surface area contributed by atoms with Crippen molar-refractivity contribution in [1.29, 1.82) is 0 Å². The van der Waals surface area contributed by atoms with Crippen LogP contribution in [0.2, 0.25) is 0 Å². The molecule has 0 spiro atoms. The fourth-order valence-electron chi connectivity index (χ4n) is 2.66. The van der Waals surface area contributed by atoms with Crippen molar-refractivity contribution in [2.24, 2.45) is 5.92 Å². The first kappa shape index (κ1) is 17.4. The Kier molecular flexibility index (Phi) is 5.01. The van der Waals surface area contributed by atoms with Crippen LogP contribution >= 0.6 is 0 Å². The number of rotatable bonds is 3. The lowest BCUT2D eigenvalue weighted by molar-refractivity contribution is -0.184. The lowest BCUT2D eigenvalue weighted by atomic mass is 9.97. The van der Waals surface area contributed by atoms with Gasteiger partial charge in [-0.25, -0.2) is 4.79 Å². The van der Waals surface area contributed by atoms with Crippen molar-refractivity contribution in [3.63, 3.8) is 0 Å². The number of hydrogen-bond acceptors (Lipinski definition) is 4. The van der Waals surface area contributed by atoms with Crippen molar-refractivity contribution in [2.75, 3.05) is 20.2 Å². The molecule has 0 saturated carbocycles. The molecule has 0 N–H and O–H groups in total. The van der Waals surface area contributed by atoms with E-state index in [9.17, 15) is 22.8 Å². The van der Waals surface area contributed by atoms with Gasteiger partial charge in [0, 0.05) is 25.6 Å². The number of carbonyl (C=O) groups is 2. The Morgan fingerprint density at radius 2 is 2.13 bits per heavy atom. The normalized spacial score (nSPS) is 18.8. The molecule has 1 aromatic rings. The number of amides is 1. The number of esters is 1. The third-order valence-corrected chi connectivity index (χ3v) is 3.92. The number of piperidine rings is 1. The molecular formula is C15H18F3NO4. The minimum absolute atomic E-state index is 0.0130. The van der Waals surface area contributed by atoms with Gasteiger partial charge in [0.2, 0.25) is 0 Å². The van der Waals surface area contributed by atoms with Gasteiger partial charge in [-0.2, -0.15) is 13.2 Å². The van der Waals surface area contributed by atoms with E-state index in [1.54, 1.807) is 6.92 Å². The van der Waals surface area contributed by atoms with Crippen LogP contribution in [-0.2, 0) is 11.2 Å². The quantitative estimate of drug-likeness (QED) is 0.798. The van der Waals surface area contributed by atoms with E-state index in [1.807, 2.05) is 0 Å². The Morgan fingerprint density at radius 3 is 2.70 bits per heavy atom. The number of likely N-dealkylation sites (tertiary alicyclic amines) is 1. The Balaban J connectivity index is 2.20. The lowest BCUT2D eigenvalue weighted by Crippen LogP contribution is -2.44. The molecule has 1 unspecified atom stereocenters. The van der Waals surface area contributed by atoms with Crippen LogP contribution in [0.15, 0.2) is 10.5 Å². The monoisotopic (exact) mass is 333 g/mol. The molecule has 0 bridgehead atoms. The maximum Gasteiger partial charge on any atom is 0.393 e. The Bertz CT molecular complexity index is 594. The highest BCUT2D eigenvalue weighted by molar-refractivity contribution is 5.97. The average molecular weight is 333 g/mol. The predicted molar refractivity (Wildman–Crippen MR) is 74.1 cm³/mol. The number of aryl methyl sites for hydroxylation is 1. The molecule has 1 aromatic heterocycles. The molecule has 8 heteroatoms. The van der Waals surface area contributed by atoms with Gasteiger partial charge in [-0.1, -0.05) is 6.92 Å². The molecule has 0 aliphatic carbocycles. The van der Waals surface area contributed by atoms with Gasteiger partial charge in [-0.15, -0.1) is 0 Å². The Hall–Kier alpha value is -1.99. The number of ether oxygens (including phenoxy) is 1. The summed E-state index contributed by atoms with van der Waals surface area (Å²) in [5.41, 5.74) is 0.128. The molecular weight excluding hydrogens is 315 g/mol. The van der Waals surface area contributed by atoms with Gasteiger partial charge < -0.3 is 14.1 Å². The Labute approximate surface area is 131 Å². The van der Waals surface area contributed by atoms with E-state index in [2.05, 4.69) is 4.74 Å². The second kappa shape index (κ2) is 6.64. The highest BCUT2D eigenvalue weighted by Gasteiger charge is 2.43. The summed E-state index contributed by atoms with van der Waals surface area (Å²) in [5, 5.41) is 0. The number of carbonyl (C=O) groups excluding carboxylic acids is 2. The molecule has 1 saturated heterocycles. The van der Waals surface area contributed by atoms with Crippen molar-refractivity contribution in [2.45, 2.75) is 32.4 Å². The Morgan fingerprint density at radius 1 is 1.43 bits per heavy atom. The SMILES string of the molecule is CCc1oc(C(=O)N2CCCC(C(F)(F)F)C2)cc1C(=O)OC. The van der Waals surface area contributed by atoms with E-state index in [0.717, 1.165) is 4.90 Å². The maximum absolute atomic E-state index is 12.8. The predicted octanol–water partition coefficient (Wildman–Crippen LogP) is 3.04. The van der Waals surface area contributed by atoms with E-state index in [-0.39, 0.29) is 36.5 Å². The van der Waals surface area contributed by atoms with Crippen molar-refractivity contribution in [3.05, 3.63) is 23.2 Å². The minimum atomic E-state index is -4.33. The van der Waals surface area contributed by atoms with Gasteiger partial charge in [0.25, 0.3) is 5.91 Å². The molecule has 1 amide bonds. The fourth-order valence-corrected chi connectivity index (χ4v) is 2.66. The van der Waals surface area contributed by atoms with Crippen molar-refractivity contribution >= 4 is 11.9 Å². The summed E-state index contributed by atoms with van der Waals surface area (Å²) in [6.07, 6.45) is -3.67. The second-order valence-corrected chi connectivity index (χ2v) is 5.42. The molecule has 23 heavy (non-hydrogen) atoms. The van der Waals surface area contributed by atoms with Gasteiger partial charge in [0.1, 0.15) is 11.3 Å². The summed E-state index contributed by atoms with van der Waals surface area (Å²) in [6.45, 7) is 1.58. The molecule has 0 radical (unpaired) electrons. The zero-order valence-electron chi connectivity index (χ0n) is 12.9. The van der Waals surface area contributed by atoms with Crippen LogP contribution in [-0.4, -0.2) is 43.2 Å². The van der Waals surface area contributed by atoms with E-state index >= 15 is 0 Å². The highest BCUT2D eigenvalue weighted by atomic mass is 19.4. The molecule has 1 atom stereocenters. The zero-order chi connectivity index (χ0) is 17.2. The average Bonchev–Trinajstić information content (AvgIpc) is 2.97. The van der Waals surface area contributed by atoms with E-state index in [0.29, 0.717) is 6.42 Å². The third kappa shape index (κ3) is 3.68. The first-order valence-electron chi connectivity index (χ1n) is 7.35. The maximum atomic E-state index is 12.8. The molecule has 5 nitrogen and oxygen atoms in total. The first-order chi connectivity index (χ1) is 10.8. The molecule has 1 aliphatic rings. The minimum Gasteiger partial charge on any atom is -0.465 e. The summed E-state index contributed by atoms with van der Waals surface area (Å²) in [7, 11) is 1.20. The topological polar surface area (TPSA) is 59.8 Å². The van der Waals surface area contributed by atoms with E-state index in [1.165, 1.54) is 13.2 Å². The first-order valence-corrected chi connectivity index (χ1v) is 7.35. The number of furan rings is 1. The van der Waals surface area contributed by atoms with E-state index in [4.69, 9.17) is 4.42 Å². The summed E-state index contributed by atoms with van der Waals surface area (Å²) in [5.74, 6) is -2.66. The standard InChI is InChI=1S/C15H18F3NO4/c1-3-11-10(14(21)22-2)7-12(23-11)13(20)19-6-4-5-9(8-19)15(16,17)18/h7,9H,3-6,8H2,1-2H3. The second-order valence-electron chi connectivity index (χ2n) is 5.42. The summed E-state index contributed by atoms with van der Waals surface area (Å²) >= 11 is 0. The number of hydrogen-bond donors (Lipinski definition) is 0. The lowest BCUT2D eigenvalue weighted by Gasteiger charge is -2.33. The van der Waals surface area contributed by atoms with Gasteiger partial charge >= 0.3 is 12.1 Å². The van der Waals surface area contributed by atoms with Crippen LogP contribution in [0.5, 0.6) is 0 Å². The molecule has 2 rings (SSSR count). The van der Waals surface area contributed by atoms with Crippen LogP contribution in [0, 0.1) is 5.92 Å². The van der Waals surface area contributed by atoms with Crippen LogP contribution in [0.4, 0.5) is 13.2 Å². The van der Waals surface area contributed by atoms with Crippen LogP contribution < -0.4 is 0 Å². The molecule has 2 heterocycles. The summed E-state index contributed by atoms with van der Waals surface area (Å²) in [4.78, 5) is 25.1. The largest absolute Gasteiger partial charge is 0.465 e. The summed E-state index contributed by atoms with van der Waals surface area (Å²) in [6, 6.07) is 1.24. The van der Waals surface area contributed by atoms with Crippen LogP contribution in [0.1, 0.15) is 46.4 Å². The molecule has 1 fully saturated rings. The number of halogens is 3. The smallest absolute Gasteiger partial charge is 0.393 e. The van der Waals surface area contributed by atoms with Crippen molar-refractivity contribution in [3.8, 4) is 0 Å². The zero-order valence-corrected chi connectivity index (χ0v) is 12.9. The van der Waals surface area contributed by atoms with Crippen LogP contribution in [0.3, 0.4) is 0 Å². The molecule has 0 aromatic carbocycles. The fraction of sp³-hybridized carbons (Fsp3) is 0.600. The highest BCUT2D eigenvalue weighted by Crippen LogP contribution is 2.33. The van der Waals surface area contributed by atoms with E-state index < -0.39 is 30.5 Å². The third-order valence-electron chi connectivity index (χ3n) is 3.92. The van der Waals surface area contributed by atoms with Gasteiger partial charge in [-0.05, 0) is 12.8 Å². The van der Waals surface area contributed by atoms with Gasteiger partial charge in [0.05, 0.1) is 13.0 Å². The molecule has 1 aliphatic heterocycles. The molecule has 128 valence electrons. The summed E-state index contributed by atoms with van der Waals surface area (Å²) < 4.78 is 48.5. The van der Waals surface area contributed by atoms with Gasteiger partial charge in [0.15, 0.2) is 5.76 Å². The van der Waals surface area contributed by atoms with Crippen LogP contribution in [0.25, 0.3) is 0 Å². The number of nitrogens with zero attached hydrogens (tertiary/aromatic N) is 1. The number of alkyl halides is 3. The van der Waals surface area contributed by atoms with Crippen molar-refractivity contribution < 1.29 is 31.9 Å². The van der Waals surface area contributed by atoms with Gasteiger partial charge in [-0.3, -0.25) is 4.79 Å². The van der Waals surface area contributed by atoms with Crippen molar-refractivity contribution in [1.82, 2.24) is 4.90 Å².